The Kier molecular flexibility index (Phi) is 4.44. The Hall–Kier alpha value is -2.16. The maximum absolute atomic E-state index is 12.7. The van der Waals surface area contributed by atoms with E-state index >= 15 is 0 Å². The molecular weight excluding hydrogens is 343 g/mol. The molecule has 0 bridgehead atoms. The van der Waals surface area contributed by atoms with E-state index in [1.165, 1.54) is 22.3 Å². The molecule has 0 saturated carbocycles. The predicted molar refractivity (Wildman–Crippen MR) is 83.7 cm³/mol. The van der Waals surface area contributed by atoms with E-state index in [1.54, 1.807) is 0 Å². The van der Waals surface area contributed by atoms with Crippen molar-refractivity contribution in [1.29, 1.82) is 0 Å². The lowest BCUT2D eigenvalue weighted by atomic mass is 10.2. The number of fused-ring (bicyclic) bond motifs is 1. The van der Waals surface area contributed by atoms with Gasteiger partial charge >= 0.3 is 6.18 Å². The van der Waals surface area contributed by atoms with Gasteiger partial charge in [0.15, 0.2) is 5.13 Å². The van der Waals surface area contributed by atoms with Gasteiger partial charge in [-0.2, -0.15) is 13.2 Å². The zero-order valence-corrected chi connectivity index (χ0v) is 13.3. The molecule has 1 fully saturated rings. The number of benzene rings is 1. The molecule has 24 heavy (non-hydrogen) atoms. The minimum atomic E-state index is -4.39. The number of alkyl halides is 3. The summed E-state index contributed by atoms with van der Waals surface area (Å²) in [6.07, 6.45) is -3.29. The predicted octanol–water partition coefficient (Wildman–Crippen LogP) is 3.27. The summed E-state index contributed by atoms with van der Waals surface area (Å²) in [4.78, 5) is 28.3. The van der Waals surface area contributed by atoms with Crippen LogP contribution in [0.4, 0.5) is 18.3 Å². The van der Waals surface area contributed by atoms with Crippen molar-refractivity contribution in [3.8, 4) is 0 Å². The van der Waals surface area contributed by atoms with Crippen molar-refractivity contribution in [3.05, 3.63) is 23.8 Å². The van der Waals surface area contributed by atoms with Gasteiger partial charge in [0.1, 0.15) is 0 Å². The minimum Gasteiger partial charge on any atom is -0.361 e. The monoisotopic (exact) mass is 357 g/mol. The highest BCUT2D eigenvalue weighted by Crippen LogP contribution is 2.33. The summed E-state index contributed by atoms with van der Waals surface area (Å²) < 4.78 is 38.7. The third kappa shape index (κ3) is 3.50. The van der Waals surface area contributed by atoms with E-state index in [0.717, 1.165) is 12.1 Å². The number of imide groups is 1. The lowest BCUT2D eigenvalue weighted by Gasteiger charge is -2.13. The number of carbonyl (C=O) groups excluding carboxylic acids is 2. The number of thiazole rings is 1. The number of anilines is 1. The molecule has 2 aromatic rings. The Balaban J connectivity index is 1.58. The topological polar surface area (TPSA) is 62.3 Å². The van der Waals surface area contributed by atoms with Crippen molar-refractivity contribution < 1.29 is 22.8 Å². The third-order valence-electron chi connectivity index (χ3n) is 3.70. The highest BCUT2D eigenvalue weighted by molar-refractivity contribution is 7.22. The van der Waals surface area contributed by atoms with Gasteiger partial charge in [0.05, 0.1) is 15.8 Å². The van der Waals surface area contributed by atoms with Crippen molar-refractivity contribution in [2.45, 2.75) is 25.4 Å². The van der Waals surface area contributed by atoms with Gasteiger partial charge in [0.2, 0.25) is 11.8 Å². The van der Waals surface area contributed by atoms with E-state index < -0.39 is 11.7 Å². The van der Waals surface area contributed by atoms with Crippen molar-refractivity contribution >= 4 is 38.5 Å². The molecule has 1 saturated heterocycles. The zero-order valence-electron chi connectivity index (χ0n) is 12.5. The van der Waals surface area contributed by atoms with Crippen LogP contribution in [0.3, 0.4) is 0 Å². The standard InChI is InChI=1S/C15H14F3N3O2S/c16-15(17,18)9-2-3-11-10(8-9)20-14(24-11)19-6-1-7-21-12(22)4-5-13(21)23/h2-3,8H,1,4-7H2,(H,19,20). The normalized spacial score (nSPS) is 15.5. The molecule has 2 heterocycles. The number of hydrogen-bond acceptors (Lipinski definition) is 5. The first-order valence-electron chi connectivity index (χ1n) is 7.39. The Bertz CT molecular complexity index is 772. The Labute approximate surface area is 139 Å². The third-order valence-corrected chi connectivity index (χ3v) is 4.70. The lowest BCUT2D eigenvalue weighted by Crippen LogP contribution is -2.31. The molecule has 5 nitrogen and oxygen atoms in total. The molecule has 0 aliphatic carbocycles. The lowest BCUT2D eigenvalue weighted by molar-refractivity contribution is -0.139. The van der Waals surface area contributed by atoms with E-state index in [4.69, 9.17) is 0 Å². The van der Waals surface area contributed by atoms with Gasteiger partial charge in [0, 0.05) is 25.9 Å². The van der Waals surface area contributed by atoms with Gasteiger partial charge in [-0.25, -0.2) is 4.98 Å². The molecule has 1 aromatic heterocycles. The summed E-state index contributed by atoms with van der Waals surface area (Å²) in [5.41, 5.74) is -0.430. The molecular formula is C15H14F3N3O2S. The van der Waals surface area contributed by atoms with E-state index in [1.807, 2.05) is 0 Å². The van der Waals surface area contributed by atoms with Gasteiger partial charge in [-0.05, 0) is 24.6 Å². The van der Waals surface area contributed by atoms with Crippen molar-refractivity contribution in [3.63, 3.8) is 0 Å². The van der Waals surface area contributed by atoms with Crippen LogP contribution in [0.2, 0.25) is 0 Å². The second-order valence-corrected chi connectivity index (χ2v) is 6.45. The van der Waals surface area contributed by atoms with Gasteiger partial charge in [-0.15, -0.1) is 0 Å². The average molecular weight is 357 g/mol. The number of hydrogen-bond donors (Lipinski definition) is 1. The second-order valence-electron chi connectivity index (χ2n) is 5.42. The van der Waals surface area contributed by atoms with Crippen LogP contribution in [-0.4, -0.2) is 34.8 Å². The number of halogens is 3. The molecule has 0 atom stereocenters. The summed E-state index contributed by atoms with van der Waals surface area (Å²) >= 11 is 1.26. The highest BCUT2D eigenvalue weighted by Gasteiger charge is 2.31. The average Bonchev–Trinajstić information content (AvgIpc) is 3.06. The van der Waals surface area contributed by atoms with Crippen LogP contribution < -0.4 is 5.32 Å². The largest absolute Gasteiger partial charge is 0.416 e. The number of amides is 2. The fourth-order valence-corrected chi connectivity index (χ4v) is 3.36. The molecule has 1 N–H and O–H groups in total. The van der Waals surface area contributed by atoms with Crippen LogP contribution in [0.5, 0.6) is 0 Å². The summed E-state index contributed by atoms with van der Waals surface area (Å²) in [7, 11) is 0. The SMILES string of the molecule is O=C1CCC(=O)N1CCCNc1nc2cc(C(F)(F)F)ccc2s1. The number of carbonyl (C=O) groups is 2. The first-order valence-corrected chi connectivity index (χ1v) is 8.21. The highest BCUT2D eigenvalue weighted by atomic mass is 32.1. The molecule has 1 aromatic carbocycles. The van der Waals surface area contributed by atoms with Crippen LogP contribution >= 0.6 is 11.3 Å². The quantitative estimate of drug-likeness (QED) is 0.659. The smallest absolute Gasteiger partial charge is 0.361 e. The van der Waals surface area contributed by atoms with Gasteiger partial charge in [-0.1, -0.05) is 11.3 Å². The van der Waals surface area contributed by atoms with E-state index in [-0.39, 0.29) is 24.7 Å². The first kappa shape index (κ1) is 16.7. The molecule has 3 rings (SSSR count). The van der Waals surface area contributed by atoms with Crippen molar-refractivity contribution in [1.82, 2.24) is 9.88 Å². The van der Waals surface area contributed by atoms with Crippen LogP contribution in [-0.2, 0) is 15.8 Å². The molecule has 2 amide bonds. The summed E-state index contributed by atoms with van der Waals surface area (Å²) in [6.45, 7) is 0.816. The van der Waals surface area contributed by atoms with E-state index in [0.29, 0.717) is 34.9 Å². The Morgan fingerprint density at radius 1 is 1.21 bits per heavy atom. The van der Waals surface area contributed by atoms with Gasteiger partial charge < -0.3 is 5.32 Å². The maximum Gasteiger partial charge on any atom is 0.416 e. The molecule has 1 aliphatic heterocycles. The van der Waals surface area contributed by atoms with Crippen molar-refractivity contribution in [2.24, 2.45) is 0 Å². The maximum atomic E-state index is 12.7. The van der Waals surface area contributed by atoms with Crippen LogP contribution in [0.25, 0.3) is 10.2 Å². The number of aromatic nitrogens is 1. The van der Waals surface area contributed by atoms with Crippen molar-refractivity contribution in [2.75, 3.05) is 18.4 Å². The summed E-state index contributed by atoms with van der Waals surface area (Å²) in [5, 5.41) is 3.54. The fraction of sp³-hybridized carbons (Fsp3) is 0.400. The van der Waals surface area contributed by atoms with Crippen LogP contribution in [0, 0.1) is 0 Å². The zero-order chi connectivity index (χ0) is 17.3. The van der Waals surface area contributed by atoms with E-state index in [2.05, 4.69) is 10.3 Å². The number of nitrogens with zero attached hydrogens (tertiary/aromatic N) is 2. The van der Waals surface area contributed by atoms with Gasteiger partial charge in [0.25, 0.3) is 0 Å². The molecule has 0 unspecified atom stereocenters. The molecule has 1 aliphatic rings. The molecule has 0 radical (unpaired) electrons. The van der Waals surface area contributed by atoms with Crippen LogP contribution in [0.15, 0.2) is 18.2 Å². The molecule has 0 spiro atoms. The Morgan fingerprint density at radius 2 is 1.92 bits per heavy atom. The first-order chi connectivity index (χ1) is 11.3. The minimum absolute atomic E-state index is 0.153. The number of nitrogens with one attached hydrogen (secondary N) is 1. The Morgan fingerprint density at radius 3 is 2.58 bits per heavy atom. The summed E-state index contributed by atoms with van der Waals surface area (Å²) in [5.74, 6) is -0.306. The fourth-order valence-electron chi connectivity index (χ4n) is 2.48. The molecule has 9 heteroatoms. The number of likely N-dealkylation sites (tertiary alicyclic amines) is 1. The second kappa shape index (κ2) is 6.39. The van der Waals surface area contributed by atoms with Gasteiger partial charge in [-0.3, -0.25) is 14.5 Å². The molecule has 128 valence electrons. The summed E-state index contributed by atoms with van der Waals surface area (Å²) in [6, 6.07) is 3.47. The number of rotatable bonds is 5. The van der Waals surface area contributed by atoms with Crippen LogP contribution in [0.1, 0.15) is 24.8 Å². The van der Waals surface area contributed by atoms with E-state index in [9.17, 15) is 22.8 Å².